The normalized spacial score (nSPS) is 17.7. The molecule has 0 saturated heterocycles. The Morgan fingerprint density at radius 2 is 1.95 bits per heavy atom. The number of hydrogen-bond acceptors (Lipinski definition) is 9. The van der Waals surface area contributed by atoms with Crippen molar-refractivity contribution >= 4 is 34.2 Å². The third-order valence-electron chi connectivity index (χ3n) is 6.53. The first-order chi connectivity index (χ1) is 18.2. The molecule has 38 heavy (non-hydrogen) atoms. The van der Waals surface area contributed by atoms with Crippen molar-refractivity contribution in [1.29, 1.82) is 5.26 Å². The summed E-state index contributed by atoms with van der Waals surface area (Å²) in [6.45, 7) is 5.60. The van der Waals surface area contributed by atoms with Crippen LogP contribution in [0.5, 0.6) is 0 Å². The minimum atomic E-state index is -0.502. The van der Waals surface area contributed by atoms with Crippen LogP contribution >= 0.6 is 11.3 Å². The molecule has 0 radical (unpaired) electrons. The van der Waals surface area contributed by atoms with E-state index in [1.54, 1.807) is 17.5 Å². The highest BCUT2D eigenvalue weighted by Gasteiger charge is 2.28. The van der Waals surface area contributed by atoms with E-state index in [2.05, 4.69) is 36.9 Å². The minimum Gasteiger partial charge on any atom is -0.444 e. The number of ether oxygens (including phenoxy) is 1. The molecule has 1 fully saturated rings. The first-order valence-electron chi connectivity index (χ1n) is 12.6. The van der Waals surface area contributed by atoms with Gasteiger partial charge >= 0.3 is 6.09 Å². The lowest BCUT2D eigenvalue weighted by Crippen LogP contribution is -2.40. The second-order valence-corrected chi connectivity index (χ2v) is 11.4. The van der Waals surface area contributed by atoms with Gasteiger partial charge < -0.3 is 15.4 Å². The van der Waals surface area contributed by atoms with Crippen LogP contribution in [0.2, 0.25) is 0 Å². The van der Waals surface area contributed by atoms with Gasteiger partial charge in [-0.05, 0) is 58.6 Å². The Balaban J connectivity index is 1.29. The van der Waals surface area contributed by atoms with E-state index in [1.165, 1.54) is 0 Å². The summed E-state index contributed by atoms with van der Waals surface area (Å²) >= 11 is 1.59. The first kappa shape index (κ1) is 25.6. The van der Waals surface area contributed by atoms with E-state index in [9.17, 15) is 4.79 Å². The number of hydrogen-bond donors (Lipinski definition) is 2. The van der Waals surface area contributed by atoms with Crippen molar-refractivity contribution in [2.45, 2.75) is 64.0 Å². The van der Waals surface area contributed by atoms with Gasteiger partial charge in [0.2, 0.25) is 0 Å². The summed E-state index contributed by atoms with van der Waals surface area (Å²) < 4.78 is 7.29. The molecule has 0 aromatic carbocycles. The van der Waals surface area contributed by atoms with Crippen molar-refractivity contribution in [2.24, 2.45) is 0 Å². The predicted molar refractivity (Wildman–Crippen MR) is 146 cm³/mol. The zero-order valence-corrected chi connectivity index (χ0v) is 22.7. The molecular formula is C27H30N8O2S. The molecule has 1 amide bonds. The monoisotopic (exact) mass is 530 g/mol. The van der Waals surface area contributed by atoms with E-state index in [0.29, 0.717) is 17.3 Å². The van der Waals surface area contributed by atoms with Gasteiger partial charge in [-0.2, -0.15) is 5.26 Å². The molecule has 2 N–H and O–H groups in total. The van der Waals surface area contributed by atoms with Crippen molar-refractivity contribution < 1.29 is 9.53 Å². The van der Waals surface area contributed by atoms with E-state index < -0.39 is 5.60 Å². The minimum absolute atomic E-state index is 0.117. The van der Waals surface area contributed by atoms with Crippen LogP contribution in [0.4, 0.5) is 10.5 Å². The molecule has 196 valence electrons. The molecule has 1 saturated carbocycles. The molecule has 0 aliphatic heterocycles. The van der Waals surface area contributed by atoms with Crippen LogP contribution in [0, 0.1) is 11.3 Å². The van der Waals surface area contributed by atoms with E-state index in [4.69, 9.17) is 10.00 Å². The molecule has 11 heteroatoms. The fourth-order valence-electron chi connectivity index (χ4n) is 4.69. The van der Waals surface area contributed by atoms with Gasteiger partial charge in [-0.1, -0.05) is 11.3 Å². The number of rotatable bonds is 5. The van der Waals surface area contributed by atoms with Crippen LogP contribution in [0.15, 0.2) is 36.8 Å². The molecule has 0 atom stereocenters. The van der Waals surface area contributed by atoms with Crippen LogP contribution < -0.4 is 10.6 Å². The molecule has 4 aromatic heterocycles. The van der Waals surface area contributed by atoms with Crippen molar-refractivity contribution in [2.75, 3.05) is 12.4 Å². The van der Waals surface area contributed by atoms with Crippen LogP contribution in [-0.2, 0) is 4.74 Å². The summed E-state index contributed by atoms with van der Waals surface area (Å²) in [4.78, 5) is 21.2. The topological polar surface area (TPSA) is 131 Å². The first-order valence-corrected chi connectivity index (χ1v) is 13.4. The number of aromatic nitrogens is 5. The Morgan fingerprint density at radius 3 is 2.66 bits per heavy atom. The third-order valence-corrected chi connectivity index (χ3v) is 7.65. The van der Waals surface area contributed by atoms with Gasteiger partial charge in [0.15, 0.2) is 5.01 Å². The van der Waals surface area contributed by atoms with Gasteiger partial charge in [-0.15, -0.1) is 10.2 Å². The van der Waals surface area contributed by atoms with E-state index in [0.717, 1.165) is 58.0 Å². The highest BCUT2D eigenvalue weighted by Crippen LogP contribution is 2.38. The number of amides is 1. The summed E-state index contributed by atoms with van der Waals surface area (Å²) in [6.07, 6.45) is 8.55. The Morgan fingerprint density at radius 1 is 1.16 bits per heavy atom. The quantitative estimate of drug-likeness (QED) is 0.351. The van der Waals surface area contributed by atoms with Gasteiger partial charge in [0.05, 0.1) is 11.1 Å². The van der Waals surface area contributed by atoms with Gasteiger partial charge in [0, 0.05) is 54.7 Å². The molecule has 1 aliphatic carbocycles. The molecule has 1 aliphatic rings. The maximum absolute atomic E-state index is 12.1. The van der Waals surface area contributed by atoms with Crippen LogP contribution in [0.3, 0.4) is 0 Å². The van der Waals surface area contributed by atoms with Crippen LogP contribution in [0.1, 0.15) is 62.9 Å². The Bertz CT molecular complexity index is 1510. The molecule has 10 nitrogen and oxygen atoms in total. The van der Waals surface area contributed by atoms with E-state index >= 15 is 0 Å². The lowest BCUT2D eigenvalue weighted by Gasteiger charge is -2.29. The summed E-state index contributed by atoms with van der Waals surface area (Å²) in [5.41, 5.74) is 2.53. The Labute approximate surface area is 225 Å². The number of anilines is 1. The standard InChI is InChI=1S/C27H30N8O2S/c1-27(2,3)37-26(36)32-19-7-5-17(6-8-19)24-33-34-25(38-24)20-15-30-22(12-21(20)29-4)35-10-9-18-11-16(13-28)14-31-23(18)35/h9-12,14-15,17,19H,5-8H2,1-4H3,(H,29,30)(H,32,36). The highest BCUT2D eigenvalue weighted by molar-refractivity contribution is 7.14. The number of nitrogens with zero attached hydrogens (tertiary/aromatic N) is 6. The van der Waals surface area contributed by atoms with E-state index in [-0.39, 0.29) is 12.1 Å². The third kappa shape index (κ3) is 5.45. The number of fused-ring (bicyclic) bond motifs is 1. The van der Waals surface area contributed by atoms with Crippen molar-refractivity contribution in [3.63, 3.8) is 0 Å². The van der Waals surface area contributed by atoms with Gasteiger partial charge in [0.1, 0.15) is 28.1 Å². The molecule has 0 bridgehead atoms. The lowest BCUT2D eigenvalue weighted by atomic mass is 9.86. The maximum Gasteiger partial charge on any atom is 0.407 e. The number of nitrogens with one attached hydrogen (secondary N) is 2. The van der Waals surface area contributed by atoms with Crippen molar-refractivity contribution in [3.8, 4) is 22.5 Å². The van der Waals surface area contributed by atoms with Crippen LogP contribution in [0.25, 0.3) is 27.4 Å². The SMILES string of the molecule is CNc1cc(-n2ccc3cc(C#N)cnc32)ncc1-c1nnc(C2CCC(NC(=O)OC(C)(C)C)CC2)s1. The van der Waals surface area contributed by atoms with Gasteiger partial charge in [0.25, 0.3) is 0 Å². The molecule has 5 rings (SSSR count). The largest absolute Gasteiger partial charge is 0.444 e. The Hall–Kier alpha value is -4.04. The van der Waals surface area contributed by atoms with Gasteiger partial charge in [-0.25, -0.2) is 14.8 Å². The predicted octanol–water partition coefficient (Wildman–Crippen LogP) is 5.40. The second-order valence-electron chi connectivity index (χ2n) is 10.4. The molecule has 0 spiro atoms. The Kier molecular flexibility index (Phi) is 6.99. The summed E-state index contributed by atoms with van der Waals surface area (Å²) in [5, 5.41) is 27.1. The second kappa shape index (κ2) is 10.4. The van der Waals surface area contributed by atoms with Gasteiger partial charge in [-0.3, -0.25) is 4.57 Å². The fourth-order valence-corrected chi connectivity index (χ4v) is 5.73. The number of carbonyl (C=O) groups excluding carboxylic acids is 1. The smallest absolute Gasteiger partial charge is 0.407 e. The molecule has 0 unspecified atom stereocenters. The summed E-state index contributed by atoms with van der Waals surface area (Å²) in [7, 11) is 1.87. The van der Waals surface area contributed by atoms with Crippen molar-refractivity contribution in [1.82, 2.24) is 30.0 Å². The van der Waals surface area contributed by atoms with Crippen molar-refractivity contribution in [3.05, 3.63) is 47.4 Å². The zero-order valence-electron chi connectivity index (χ0n) is 21.9. The average molecular weight is 531 g/mol. The number of nitriles is 1. The number of pyridine rings is 2. The molecule has 4 heterocycles. The lowest BCUT2D eigenvalue weighted by molar-refractivity contribution is 0.0491. The van der Waals surface area contributed by atoms with E-state index in [1.807, 2.05) is 63.0 Å². The average Bonchev–Trinajstić information content (AvgIpc) is 3.55. The fraction of sp³-hybridized carbons (Fsp3) is 0.407. The summed E-state index contributed by atoms with van der Waals surface area (Å²) in [5.74, 6) is 1.03. The molecule has 4 aromatic rings. The summed E-state index contributed by atoms with van der Waals surface area (Å²) in [6, 6.07) is 7.94. The zero-order chi connectivity index (χ0) is 26.9. The maximum atomic E-state index is 12.1. The molecular weight excluding hydrogens is 500 g/mol. The number of alkyl carbamates (subject to hydrolysis) is 1. The van der Waals surface area contributed by atoms with Crippen LogP contribution in [-0.4, -0.2) is 49.5 Å². The highest BCUT2D eigenvalue weighted by atomic mass is 32.1. The number of carbonyl (C=O) groups is 1.